The first-order valence-corrected chi connectivity index (χ1v) is 8.94. The summed E-state index contributed by atoms with van der Waals surface area (Å²) in [6.45, 7) is 0. The predicted octanol–water partition coefficient (Wildman–Crippen LogP) is 2.52. The molecule has 0 unspecified atom stereocenters. The maximum Gasteiger partial charge on any atom is 0.261 e. The van der Waals surface area contributed by atoms with Crippen LogP contribution in [0.4, 0.5) is 5.69 Å². The first-order valence-electron chi connectivity index (χ1n) is 7.46. The summed E-state index contributed by atoms with van der Waals surface area (Å²) in [6.07, 6.45) is 0. The van der Waals surface area contributed by atoms with Crippen LogP contribution in [0.25, 0.3) is 11.1 Å². The number of carboxylic acids is 1. The molecule has 0 amide bonds. The number of carboxylic acid groups (broad SMARTS) is 1. The van der Waals surface area contributed by atoms with Crippen LogP contribution >= 0.6 is 0 Å². The van der Waals surface area contributed by atoms with Crippen molar-refractivity contribution in [2.45, 2.75) is 4.90 Å². The highest BCUT2D eigenvalue weighted by Gasteiger charge is 2.16. The largest absolute Gasteiger partial charge is 0.545 e. The highest BCUT2D eigenvalue weighted by atomic mass is 32.2. The van der Waals surface area contributed by atoms with Crippen LogP contribution < -0.4 is 9.83 Å². The molecule has 5 nitrogen and oxygen atoms in total. The standard InChI is InChI=1S/C19H15NO4S/c21-19(22)15-10-12-16(13-11-15)25(23,24)20-18-9-5-4-8-17(18)14-6-2-1-3-7-14/h1-13,20H,(H,21,22)/p-1. The zero-order valence-corrected chi connectivity index (χ0v) is 13.9. The smallest absolute Gasteiger partial charge is 0.261 e. The summed E-state index contributed by atoms with van der Waals surface area (Å²) in [5, 5.41) is 10.8. The lowest BCUT2D eigenvalue weighted by atomic mass is 10.0. The number of anilines is 1. The van der Waals surface area contributed by atoms with E-state index in [-0.39, 0.29) is 10.5 Å². The Labute approximate surface area is 145 Å². The van der Waals surface area contributed by atoms with Gasteiger partial charge in [-0.3, -0.25) is 4.72 Å². The van der Waals surface area contributed by atoms with Crippen LogP contribution in [-0.2, 0) is 10.0 Å². The molecule has 0 aliphatic carbocycles. The van der Waals surface area contributed by atoms with Gasteiger partial charge in [0.25, 0.3) is 10.0 Å². The minimum Gasteiger partial charge on any atom is -0.545 e. The Morgan fingerprint density at radius 2 is 1.40 bits per heavy atom. The van der Waals surface area contributed by atoms with Gasteiger partial charge >= 0.3 is 0 Å². The molecule has 0 bridgehead atoms. The maximum absolute atomic E-state index is 12.6. The lowest BCUT2D eigenvalue weighted by Crippen LogP contribution is -2.22. The number of aromatic carboxylic acids is 1. The van der Waals surface area contributed by atoms with Crippen LogP contribution in [0.2, 0.25) is 0 Å². The third-order valence-corrected chi connectivity index (χ3v) is 5.04. The van der Waals surface area contributed by atoms with Gasteiger partial charge in [0.15, 0.2) is 0 Å². The van der Waals surface area contributed by atoms with Gasteiger partial charge in [-0.15, -0.1) is 0 Å². The van der Waals surface area contributed by atoms with Gasteiger partial charge in [-0.1, -0.05) is 60.7 Å². The van der Waals surface area contributed by atoms with Gasteiger partial charge in [-0.25, -0.2) is 8.42 Å². The Morgan fingerprint density at radius 1 is 0.800 bits per heavy atom. The average Bonchev–Trinajstić information content (AvgIpc) is 2.63. The molecule has 0 aliphatic rings. The Bertz CT molecular complexity index is 997. The number of hydrogen-bond donors (Lipinski definition) is 1. The van der Waals surface area contributed by atoms with E-state index in [0.717, 1.165) is 11.1 Å². The van der Waals surface area contributed by atoms with Crippen molar-refractivity contribution in [2.24, 2.45) is 0 Å². The highest BCUT2D eigenvalue weighted by Crippen LogP contribution is 2.29. The molecule has 0 heterocycles. The molecule has 0 atom stereocenters. The number of hydrogen-bond acceptors (Lipinski definition) is 4. The SMILES string of the molecule is O=C([O-])c1ccc(S(=O)(=O)Nc2ccccc2-c2ccccc2)cc1. The van der Waals surface area contributed by atoms with Crippen LogP contribution in [0.15, 0.2) is 83.8 Å². The van der Waals surface area contributed by atoms with Crippen LogP contribution in [-0.4, -0.2) is 14.4 Å². The normalized spacial score (nSPS) is 11.0. The van der Waals surface area contributed by atoms with Crippen LogP contribution in [0.1, 0.15) is 10.4 Å². The van der Waals surface area contributed by atoms with Crippen molar-refractivity contribution in [1.82, 2.24) is 0 Å². The van der Waals surface area contributed by atoms with Crippen molar-refractivity contribution in [1.29, 1.82) is 0 Å². The van der Waals surface area contributed by atoms with Gasteiger partial charge in [-0.2, -0.15) is 0 Å². The fourth-order valence-corrected chi connectivity index (χ4v) is 3.50. The van der Waals surface area contributed by atoms with Crippen LogP contribution in [0.5, 0.6) is 0 Å². The zero-order valence-electron chi connectivity index (χ0n) is 13.0. The van der Waals surface area contributed by atoms with Crippen molar-refractivity contribution in [3.05, 3.63) is 84.4 Å². The molecule has 0 aromatic heterocycles. The summed E-state index contributed by atoms with van der Waals surface area (Å²) in [5.41, 5.74) is 1.99. The summed E-state index contributed by atoms with van der Waals surface area (Å²) in [7, 11) is -3.85. The van der Waals surface area contributed by atoms with Crippen molar-refractivity contribution in [3.63, 3.8) is 0 Å². The number of benzene rings is 3. The minimum absolute atomic E-state index is 0.0274. The van der Waals surface area contributed by atoms with E-state index in [1.54, 1.807) is 12.1 Å². The van der Waals surface area contributed by atoms with Gasteiger partial charge in [0.2, 0.25) is 0 Å². The quantitative estimate of drug-likeness (QED) is 0.764. The van der Waals surface area contributed by atoms with Crippen molar-refractivity contribution < 1.29 is 18.3 Å². The van der Waals surface area contributed by atoms with E-state index in [0.29, 0.717) is 5.69 Å². The van der Waals surface area contributed by atoms with E-state index in [9.17, 15) is 18.3 Å². The number of sulfonamides is 1. The molecule has 6 heteroatoms. The number of carbonyl (C=O) groups is 1. The molecule has 3 rings (SSSR count). The van der Waals surface area contributed by atoms with Gasteiger partial charge in [0.1, 0.15) is 0 Å². The number of nitrogens with one attached hydrogen (secondary N) is 1. The molecule has 0 spiro atoms. The van der Waals surface area contributed by atoms with Crippen molar-refractivity contribution in [2.75, 3.05) is 4.72 Å². The second-order valence-electron chi connectivity index (χ2n) is 5.33. The van der Waals surface area contributed by atoms with E-state index in [1.807, 2.05) is 42.5 Å². The Kier molecular flexibility index (Phi) is 4.54. The van der Waals surface area contributed by atoms with Gasteiger partial charge in [-0.05, 0) is 29.3 Å². The Morgan fingerprint density at radius 3 is 2.04 bits per heavy atom. The molecular formula is C19H14NO4S-. The third-order valence-electron chi connectivity index (χ3n) is 3.66. The molecule has 0 fully saturated rings. The molecule has 0 radical (unpaired) electrons. The molecule has 0 saturated carbocycles. The zero-order chi connectivity index (χ0) is 17.9. The maximum atomic E-state index is 12.6. The number of para-hydroxylation sites is 1. The predicted molar refractivity (Wildman–Crippen MR) is 93.5 cm³/mol. The molecule has 0 saturated heterocycles. The number of rotatable bonds is 5. The van der Waals surface area contributed by atoms with Gasteiger partial charge in [0, 0.05) is 5.56 Å². The molecule has 0 aliphatic heterocycles. The van der Waals surface area contributed by atoms with E-state index in [1.165, 1.54) is 24.3 Å². The Balaban J connectivity index is 1.95. The van der Waals surface area contributed by atoms with Gasteiger partial charge < -0.3 is 9.90 Å². The van der Waals surface area contributed by atoms with Crippen LogP contribution in [0.3, 0.4) is 0 Å². The molecule has 25 heavy (non-hydrogen) atoms. The molecule has 3 aromatic rings. The lowest BCUT2D eigenvalue weighted by Gasteiger charge is -2.13. The number of carbonyl (C=O) groups excluding carboxylic acids is 1. The second kappa shape index (κ2) is 6.78. The van der Waals surface area contributed by atoms with Crippen molar-refractivity contribution >= 4 is 21.7 Å². The third kappa shape index (κ3) is 3.70. The fourth-order valence-electron chi connectivity index (χ4n) is 2.42. The summed E-state index contributed by atoms with van der Waals surface area (Å²) < 4.78 is 27.7. The molecule has 126 valence electrons. The van der Waals surface area contributed by atoms with E-state index < -0.39 is 16.0 Å². The first kappa shape index (κ1) is 16.7. The van der Waals surface area contributed by atoms with Crippen molar-refractivity contribution in [3.8, 4) is 11.1 Å². The Hall–Kier alpha value is -3.12. The highest BCUT2D eigenvalue weighted by molar-refractivity contribution is 7.92. The summed E-state index contributed by atoms with van der Waals surface area (Å²) in [5.74, 6) is -1.36. The lowest BCUT2D eigenvalue weighted by molar-refractivity contribution is -0.255. The average molecular weight is 352 g/mol. The first-order chi connectivity index (χ1) is 12.0. The summed E-state index contributed by atoms with van der Waals surface area (Å²) in [6, 6.07) is 21.4. The summed E-state index contributed by atoms with van der Waals surface area (Å²) >= 11 is 0. The van der Waals surface area contributed by atoms with Gasteiger partial charge in [0.05, 0.1) is 16.6 Å². The second-order valence-corrected chi connectivity index (χ2v) is 7.01. The molecular weight excluding hydrogens is 338 g/mol. The molecule has 3 aromatic carbocycles. The van der Waals surface area contributed by atoms with E-state index >= 15 is 0 Å². The monoisotopic (exact) mass is 352 g/mol. The van der Waals surface area contributed by atoms with E-state index in [2.05, 4.69) is 4.72 Å². The summed E-state index contributed by atoms with van der Waals surface area (Å²) in [4.78, 5) is 10.8. The fraction of sp³-hybridized carbons (Fsp3) is 0. The topological polar surface area (TPSA) is 86.3 Å². The minimum atomic E-state index is -3.85. The molecule has 1 N–H and O–H groups in total. The van der Waals surface area contributed by atoms with Crippen LogP contribution in [0, 0.1) is 0 Å². The van der Waals surface area contributed by atoms with E-state index in [4.69, 9.17) is 0 Å².